The topological polar surface area (TPSA) is 55.9 Å². The molecule has 0 aliphatic carbocycles. The molecule has 0 unspecified atom stereocenters. The second-order valence-corrected chi connectivity index (χ2v) is 7.28. The average molecular weight is 400 g/mol. The summed E-state index contributed by atoms with van der Waals surface area (Å²) in [6.45, 7) is 2.78. The van der Waals surface area contributed by atoms with Crippen molar-refractivity contribution in [2.45, 2.75) is 12.5 Å². The summed E-state index contributed by atoms with van der Waals surface area (Å²) in [5.74, 6) is -0.722. The van der Waals surface area contributed by atoms with Gasteiger partial charge in [0.25, 0.3) is 0 Å². The third kappa shape index (κ3) is 4.31. The number of carbonyl (C=O) groups is 2. The van der Waals surface area contributed by atoms with Gasteiger partial charge in [-0.05, 0) is 48.5 Å². The van der Waals surface area contributed by atoms with E-state index in [0.717, 1.165) is 5.69 Å². The van der Waals surface area contributed by atoms with Crippen LogP contribution in [0, 0.1) is 11.6 Å². The molecule has 2 aliphatic heterocycles. The first-order valence-corrected chi connectivity index (χ1v) is 9.61. The maximum absolute atomic E-state index is 13.1. The molecule has 0 radical (unpaired) electrons. The first kappa shape index (κ1) is 19.2. The summed E-state index contributed by atoms with van der Waals surface area (Å²) in [6, 6.07) is 11.6. The van der Waals surface area contributed by atoms with E-state index in [2.05, 4.69) is 10.2 Å². The highest BCUT2D eigenvalue weighted by molar-refractivity contribution is 5.96. The fraction of sp³-hybridized carbons (Fsp3) is 0.333. The number of hydrogen-bond donors (Lipinski definition) is 1. The van der Waals surface area contributed by atoms with Crippen molar-refractivity contribution in [1.29, 1.82) is 0 Å². The number of urea groups is 1. The number of benzene rings is 2. The minimum absolute atomic E-state index is 0.0944. The highest BCUT2D eigenvalue weighted by atomic mass is 19.1. The van der Waals surface area contributed by atoms with Gasteiger partial charge in [-0.2, -0.15) is 0 Å². The summed E-state index contributed by atoms with van der Waals surface area (Å²) in [5, 5.41) is 2.93. The summed E-state index contributed by atoms with van der Waals surface area (Å²) in [5.41, 5.74) is 1.56. The van der Waals surface area contributed by atoms with E-state index in [4.69, 9.17) is 0 Å². The van der Waals surface area contributed by atoms with Crippen molar-refractivity contribution < 1.29 is 18.4 Å². The van der Waals surface area contributed by atoms with Gasteiger partial charge in [-0.1, -0.05) is 0 Å². The smallest absolute Gasteiger partial charge is 0.317 e. The maximum Gasteiger partial charge on any atom is 0.317 e. The third-order valence-corrected chi connectivity index (χ3v) is 5.35. The van der Waals surface area contributed by atoms with Gasteiger partial charge < -0.3 is 20.0 Å². The van der Waals surface area contributed by atoms with Gasteiger partial charge in [0, 0.05) is 50.5 Å². The van der Waals surface area contributed by atoms with Crippen LogP contribution < -0.4 is 15.1 Å². The molecule has 2 heterocycles. The van der Waals surface area contributed by atoms with E-state index in [1.165, 1.54) is 24.3 Å². The lowest BCUT2D eigenvalue weighted by Crippen LogP contribution is -2.53. The Kier molecular flexibility index (Phi) is 5.33. The number of piperazine rings is 1. The molecule has 1 atom stereocenters. The molecule has 2 saturated heterocycles. The fourth-order valence-electron chi connectivity index (χ4n) is 3.76. The van der Waals surface area contributed by atoms with Gasteiger partial charge in [-0.25, -0.2) is 13.6 Å². The number of carbonyl (C=O) groups excluding carboxylic acids is 2. The quantitative estimate of drug-likeness (QED) is 0.862. The second-order valence-electron chi connectivity index (χ2n) is 7.28. The van der Waals surface area contributed by atoms with Crippen molar-refractivity contribution in [2.75, 3.05) is 42.5 Å². The number of hydrogen-bond acceptors (Lipinski definition) is 3. The van der Waals surface area contributed by atoms with E-state index in [-0.39, 0.29) is 36.0 Å². The minimum atomic E-state index is -0.356. The van der Waals surface area contributed by atoms with Gasteiger partial charge in [-0.15, -0.1) is 0 Å². The monoisotopic (exact) mass is 400 g/mol. The van der Waals surface area contributed by atoms with E-state index in [9.17, 15) is 18.4 Å². The van der Waals surface area contributed by atoms with Crippen LogP contribution in [0.2, 0.25) is 0 Å². The van der Waals surface area contributed by atoms with Crippen molar-refractivity contribution in [3.05, 3.63) is 60.2 Å². The Morgan fingerprint density at radius 2 is 1.41 bits per heavy atom. The number of anilines is 2. The molecular formula is C21H22F2N4O2. The van der Waals surface area contributed by atoms with E-state index < -0.39 is 0 Å². The zero-order valence-corrected chi connectivity index (χ0v) is 15.9. The molecule has 152 valence electrons. The molecule has 4 rings (SSSR count). The van der Waals surface area contributed by atoms with Crippen LogP contribution in [0.1, 0.15) is 6.42 Å². The first-order chi connectivity index (χ1) is 14.0. The molecule has 8 heteroatoms. The van der Waals surface area contributed by atoms with E-state index in [0.29, 0.717) is 38.4 Å². The number of nitrogens with zero attached hydrogens (tertiary/aromatic N) is 3. The normalized spacial score (nSPS) is 19.6. The van der Waals surface area contributed by atoms with Crippen LogP contribution in [0.15, 0.2) is 48.5 Å². The Bertz CT molecular complexity index is 881. The highest BCUT2D eigenvalue weighted by Crippen LogP contribution is 2.22. The van der Waals surface area contributed by atoms with Crippen LogP contribution in [0.5, 0.6) is 0 Å². The Balaban J connectivity index is 1.29. The van der Waals surface area contributed by atoms with Gasteiger partial charge in [0.2, 0.25) is 5.91 Å². The predicted octanol–water partition coefficient (Wildman–Crippen LogP) is 2.60. The molecule has 0 bridgehead atoms. The van der Waals surface area contributed by atoms with Crippen molar-refractivity contribution in [3.8, 4) is 0 Å². The minimum Gasteiger partial charge on any atom is -0.368 e. The standard InChI is InChI=1S/C21H22F2N4O2/c22-15-1-5-18(6-2-15)25-9-11-26(12-10-25)21(29)24-17-13-20(28)27(14-17)19-7-3-16(23)4-8-19/h1-8,17H,9-14H2,(H,24,29)/t17-/m0/s1. The van der Waals surface area contributed by atoms with Crippen molar-refractivity contribution >= 4 is 23.3 Å². The lowest BCUT2D eigenvalue weighted by Gasteiger charge is -2.36. The molecule has 1 N–H and O–H groups in total. The zero-order valence-electron chi connectivity index (χ0n) is 15.9. The molecule has 0 aromatic heterocycles. The number of rotatable bonds is 3. The van der Waals surface area contributed by atoms with E-state index in [1.807, 2.05) is 0 Å². The van der Waals surface area contributed by atoms with Gasteiger partial charge >= 0.3 is 6.03 Å². The fourth-order valence-corrected chi connectivity index (χ4v) is 3.76. The summed E-state index contributed by atoms with van der Waals surface area (Å²) in [4.78, 5) is 30.3. The Morgan fingerprint density at radius 1 is 0.862 bits per heavy atom. The zero-order chi connectivity index (χ0) is 20.4. The van der Waals surface area contributed by atoms with Crippen molar-refractivity contribution in [2.24, 2.45) is 0 Å². The second kappa shape index (κ2) is 8.06. The van der Waals surface area contributed by atoms with Crippen LogP contribution in [0.25, 0.3) is 0 Å². The molecule has 2 aromatic rings. The molecule has 0 saturated carbocycles. The Labute approximate surface area is 167 Å². The SMILES string of the molecule is O=C(N[C@H]1CC(=O)N(c2ccc(F)cc2)C1)N1CCN(c2ccc(F)cc2)CC1. The predicted molar refractivity (Wildman–Crippen MR) is 106 cm³/mol. The molecule has 29 heavy (non-hydrogen) atoms. The molecule has 0 spiro atoms. The lowest BCUT2D eigenvalue weighted by molar-refractivity contribution is -0.117. The van der Waals surface area contributed by atoms with Crippen LogP contribution in [0.3, 0.4) is 0 Å². The van der Waals surface area contributed by atoms with Crippen LogP contribution >= 0.6 is 0 Å². The van der Waals surface area contributed by atoms with Gasteiger partial charge in [-0.3, -0.25) is 4.79 Å². The van der Waals surface area contributed by atoms with Crippen LogP contribution in [-0.2, 0) is 4.79 Å². The average Bonchev–Trinajstić information content (AvgIpc) is 3.09. The Hall–Kier alpha value is -3.16. The van der Waals surface area contributed by atoms with Crippen molar-refractivity contribution in [3.63, 3.8) is 0 Å². The van der Waals surface area contributed by atoms with Gasteiger partial charge in [0.1, 0.15) is 11.6 Å². The van der Waals surface area contributed by atoms with Crippen LogP contribution in [0.4, 0.5) is 25.0 Å². The molecule has 3 amide bonds. The highest BCUT2D eigenvalue weighted by Gasteiger charge is 2.33. The summed E-state index contributed by atoms with van der Waals surface area (Å²) in [7, 11) is 0. The largest absolute Gasteiger partial charge is 0.368 e. The lowest BCUT2D eigenvalue weighted by atomic mass is 10.2. The third-order valence-electron chi connectivity index (χ3n) is 5.35. The van der Waals surface area contributed by atoms with Crippen molar-refractivity contribution in [1.82, 2.24) is 10.2 Å². The summed E-state index contributed by atoms with van der Waals surface area (Å²) in [6.07, 6.45) is 0.221. The van der Waals surface area contributed by atoms with E-state index in [1.54, 1.807) is 34.1 Å². The first-order valence-electron chi connectivity index (χ1n) is 9.61. The number of amides is 3. The van der Waals surface area contributed by atoms with Gasteiger partial charge in [0.05, 0.1) is 6.04 Å². The number of halogens is 2. The Morgan fingerprint density at radius 3 is 2.00 bits per heavy atom. The van der Waals surface area contributed by atoms with E-state index >= 15 is 0 Å². The maximum atomic E-state index is 13.1. The molecule has 2 aromatic carbocycles. The number of nitrogens with one attached hydrogen (secondary N) is 1. The summed E-state index contributed by atoms with van der Waals surface area (Å²) < 4.78 is 26.2. The molecule has 6 nitrogen and oxygen atoms in total. The molecular weight excluding hydrogens is 378 g/mol. The summed E-state index contributed by atoms with van der Waals surface area (Å²) >= 11 is 0. The molecule has 2 aliphatic rings. The molecule has 2 fully saturated rings. The van der Waals surface area contributed by atoms with Gasteiger partial charge in [0.15, 0.2) is 0 Å². The van der Waals surface area contributed by atoms with Crippen LogP contribution in [-0.4, -0.2) is 55.6 Å².